The van der Waals surface area contributed by atoms with Crippen LogP contribution in [0.15, 0.2) is 69.6 Å². The van der Waals surface area contributed by atoms with Crippen molar-refractivity contribution in [2.45, 2.75) is 26.9 Å². The SMILES string of the molecule is Cc1ccc(NC(=O)OCC(COC(=O)Nc2ccc(C)c(N=C=O)c2)OC(=O)Nc2ccc(C)c(N=C=O)c2)cc1N=C=O. The average Bonchev–Trinajstić information content (AvgIpc) is 3.00. The number of hydrogen-bond donors (Lipinski definition) is 3. The molecule has 3 N–H and O–H groups in total. The smallest absolute Gasteiger partial charge is 0.412 e. The second-order valence-corrected chi connectivity index (χ2v) is 9.21. The maximum absolute atomic E-state index is 12.7. The highest BCUT2D eigenvalue weighted by atomic mass is 16.6. The fourth-order valence-electron chi connectivity index (χ4n) is 3.63. The van der Waals surface area contributed by atoms with E-state index in [9.17, 15) is 28.8 Å². The van der Waals surface area contributed by atoms with E-state index in [1.165, 1.54) is 42.5 Å². The molecule has 3 rings (SSSR count). The molecule has 0 unspecified atom stereocenters. The number of nitrogens with one attached hydrogen (secondary N) is 3. The van der Waals surface area contributed by atoms with Gasteiger partial charge in [0.2, 0.25) is 18.2 Å². The number of anilines is 3. The van der Waals surface area contributed by atoms with E-state index < -0.39 is 37.6 Å². The van der Waals surface area contributed by atoms with Crippen molar-refractivity contribution < 1.29 is 43.0 Å². The Morgan fingerprint density at radius 1 is 0.600 bits per heavy atom. The lowest BCUT2D eigenvalue weighted by molar-refractivity contribution is 0.0176. The Kier molecular flexibility index (Phi) is 12.0. The fourth-order valence-corrected chi connectivity index (χ4v) is 3.63. The number of isocyanates is 3. The van der Waals surface area contributed by atoms with Gasteiger partial charge in [-0.3, -0.25) is 16.0 Å². The molecule has 0 saturated heterocycles. The first-order valence-electron chi connectivity index (χ1n) is 13.0. The number of ether oxygens (including phenoxy) is 3. The topological polar surface area (TPSA) is 203 Å². The lowest BCUT2D eigenvalue weighted by Gasteiger charge is -2.19. The van der Waals surface area contributed by atoms with Crippen molar-refractivity contribution >= 4 is 70.6 Å². The lowest BCUT2D eigenvalue weighted by atomic mass is 10.2. The van der Waals surface area contributed by atoms with Gasteiger partial charge in [-0.15, -0.1) is 0 Å². The van der Waals surface area contributed by atoms with Gasteiger partial charge in [-0.2, -0.15) is 15.0 Å². The molecule has 0 heterocycles. The van der Waals surface area contributed by atoms with Crippen LogP contribution in [-0.2, 0) is 28.6 Å². The maximum atomic E-state index is 12.7. The van der Waals surface area contributed by atoms with Crippen molar-refractivity contribution in [2.75, 3.05) is 29.2 Å². The average molecular weight is 615 g/mol. The molecule has 0 bridgehead atoms. The van der Waals surface area contributed by atoms with Gasteiger partial charge in [0.15, 0.2) is 6.10 Å². The van der Waals surface area contributed by atoms with Crippen LogP contribution in [0.25, 0.3) is 0 Å². The number of benzene rings is 3. The molecule has 15 nitrogen and oxygen atoms in total. The second kappa shape index (κ2) is 16.3. The summed E-state index contributed by atoms with van der Waals surface area (Å²) < 4.78 is 15.7. The summed E-state index contributed by atoms with van der Waals surface area (Å²) in [5, 5.41) is 7.36. The summed E-state index contributed by atoms with van der Waals surface area (Å²) in [5.41, 5.74) is 3.60. The van der Waals surface area contributed by atoms with Crippen molar-refractivity contribution in [1.29, 1.82) is 0 Å². The molecule has 0 aromatic heterocycles. The molecule has 0 spiro atoms. The molecular formula is C30H26N6O9. The van der Waals surface area contributed by atoms with E-state index in [-0.39, 0.29) is 34.1 Å². The number of nitrogens with zero attached hydrogens (tertiary/aromatic N) is 3. The minimum Gasteiger partial charge on any atom is -0.445 e. The van der Waals surface area contributed by atoms with Crippen LogP contribution < -0.4 is 16.0 Å². The van der Waals surface area contributed by atoms with E-state index in [1.54, 1.807) is 51.1 Å². The van der Waals surface area contributed by atoms with Crippen LogP contribution in [0.3, 0.4) is 0 Å². The third kappa shape index (κ3) is 10.4. The molecule has 0 saturated carbocycles. The quantitative estimate of drug-likeness (QED) is 0.133. The largest absolute Gasteiger partial charge is 0.445 e. The molecule has 0 fully saturated rings. The predicted octanol–water partition coefficient (Wildman–Crippen LogP) is 5.93. The van der Waals surface area contributed by atoms with E-state index in [4.69, 9.17) is 14.2 Å². The molecule has 230 valence electrons. The summed E-state index contributed by atoms with van der Waals surface area (Å²) in [4.78, 5) is 80.3. The van der Waals surface area contributed by atoms with Crippen LogP contribution in [-0.4, -0.2) is 55.8 Å². The first kappa shape index (κ1) is 33.1. The molecule has 0 aliphatic carbocycles. The minimum atomic E-state index is -1.29. The predicted molar refractivity (Wildman–Crippen MR) is 161 cm³/mol. The highest BCUT2D eigenvalue weighted by Gasteiger charge is 2.21. The number of carbonyl (C=O) groups excluding carboxylic acids is 6. The fraction of sp³-hybridized carbons (Fsp3) is 0.200. The monoisotopic (exact) mass is 614 g/mol. The van der Waals surface area contributed by atoms with Gasteiger partial charge in [0.1, 0.15) is 13.2 Å². The molecule has 3 aromatic carbocycles. The van der Waals surface area contributed by atoms with Gasteiger partial charge >= 0.3 is 18.3 Å². The molecule has 15 heteroatoms. The van der Waals surface area contributed by atoms with Crippen LogP contribution in [0.2, 0.25) is 0 Å². The van der Waals surface area contributed by atoms with Crippen LogP contribution in [0, 0.1) is 20.8 Å². The van der Waals surface area contributed by atoms with Gasteiger partial charge in [-0.05, 0) is 73.9 Å². The highest BCUT2D eigenvalue weighted by Crippen LogP contribution is 2.25. The zero-order valence-electron chi connectivity index (χ0n) is 24.2. The molecule has 45 heavy (non-hydrogen) atoms. The zero-order valence-corrected chi connectivity index (χ0v) is 24.2. The Hall–Kier alpha value is -6.39. The summed E-state index contributed by atoms with van der Waals surface area (Å²) in [5.74, 6) is 0. The van der Waals surface area contributed by atoms with E-state index >= 15 is 0 Å². The molecule has 0 aliphatic rings. The number of aryl methyl sites for hydroxylation is 3. The first-order chi connectivity index (χ1) is 21.6. The zero-order chi connectivity index (χ0) is 32.8. The van der Waals surface area contributed by atoms with Crippen molar-refractivity contribution in [1.82, 2.24) is 0 Å². The molecule has 3 amide bonds. The minimum absolute atomic E-state index is 0.233. The van der Waals surface area contributed by atoms with Gasteiger partial charge < -0.3 is 14.2 Å². The van der Waals surface area contributed by atoms with Crippen molar-refractivity contribution in [3.8, 4) is 0 Å². The second-order valence-electron chi connectivity index (χ2n) is 9.21. The number of hydrogen-bond acceptors (Lipinski definition) is 12. The normalized spacial score (nSPS) is 10.5. The summed E-state index contributed by atoms with van der Waals surface area (Å²) in [6, 6.07) is 13.8. The van der Waals surface area contributed by atoms with Crippen LogP contribution in [0.5, 0.6) is 0 Å². The Morgan fingerprint density at radius 2 is 0.933 bits per heavy atom. The number of rotatable bonds is 11. The first-order valence-corrected chi connectivity index (χ1v) is 13.0. The number of amides is 3. The molecule has 3 aromatic rings. The van der Waals surface area contributed by atoms with E-state index in [0.29, 0.717) is 16.7 Å². The third-order valence-corrected chi connectivity index (χ3v) is 5.94. The standard InChI is InChI=1S/C30H26N6O9/c1-18-4-7-21(10-25(18)31-15-37)34-28(40)43-13-24(45-30(42)36-23-9-6-20(3)27(12-23)33-17-39)14-44-29(41)35-22-8-5-19(2)26(11-22)32-16-38/h4-12,24H,13-14H2,1-3H3,(H,34,40)(H,35,41)(H,36,42). The van der Waals surface area contributed by atoms with E-state index in [1.807, 2.05) is 0 Å². The summed E-state index contributed by atoms with van der Waals surface area (Å²) in [6.45, 7) is 4.04. The third-order valence-electron chi connectivity index (χ3n) is 5.94. The summed E-state index contributed by atoms with van der Waals surface area (Å²) in [6.07, 6.45) is 0.104. The molecule has 0 atom stereocenters. The van der Waals surface area contributed by atoms with E-state index in [0.717, 1.165) is 0 Å². The Bertz CT molecular complexity index is 1650. The molecule has 0 radical (unpaired) electrons. The molecule has 0 aliphatic heterocycles. The highest BCUT2D eigenvalue weighted by molar-refractivity contribution is 5.87. The Labute approximate surface area is 256 Å². The van der Waals surface area contributed by atoms with Gasteiger partial charge in [-0.25, -0.2) is 28.8 Å². The van der Waals surface area contributed by atoms with Gasteiger partial charge in [0.25, 0.3) is 0 Å². The summed E-state index contributed by atoms with van der Waals surface area (Å²) in [7, 11) is 0. The lowest BCUT2D eigenvalue weighted by Crippen LogP contribution is -2.34. The van der Waals surface area contributed by atoms with Gasteiger partial charge in [0.05, 0.1) is 17.1 Å². The van der Waals surface area contributed by atoms with Crippen LogP contribution in [0.1, 0.15) is 16.7 Å². The van der Waals surface area contributed by atoms with Crippen molar-refractivity contribution in [3.05, 3.63) is 71.3 Å². The Balaban J connectivity index is 1.68. The maximum Gasteiger partial charge on any atom is 0.412 e. The summed E-state index contributed by atoms with van der Waals surface area (Å²) >= 11 is 0. The van der Waals surface area contributed by atoms with Crippen molar-refractivity contribution in [2.24, 2.45) is 15.0 Å². The molecular weight excluding hydrogens is 588 g/mol. The number of carbonyl (C=O) groups is 3. The van der Waals surface area contributed by atoms with Crippen LogP contribution in [0.4, 0.5) is 48.5 Å². The van der Waals surface area contributed by atoms with Crippen molar-refractivity contribution in [3.63, 3.8) is 0 Å². The van der Waals surface area contributed by atoms with Gasteiger partial charge in [0, 0.05) is 17.1 Å². The van der Waals surface area contributed by atoms with Gasteiger partial charge in [-0.1, -0.05) is 18.2 Å². The number of aliphatic imine (C=N–C) groups is 3. The Morgan fingerprint density at radius 3 is 1.27 bits per heavy atom. The van der Waals surface area contributed by atoms with E-state index in [2.05, 4.69) is 30.9 Å². The van der Waals surface area contributed by atoms with Crippen LogP contribution >= 0.6 is 0 Å².